The summed E-state index contributed by atoms with van der Waals surface area (Å²) in [6.45, 7) is 3.13. The highest BCUT2D eigenvalue weighted by Gasteiger charge is 2.29. The summed E-state index contributed by atoms with van der Waals surface area (Å²) in [5, 5.41) is 6.97. The predicted molar refractivity (Wildman–Crippen MR) is 83.6 cm³/mol. The molecule has 1 aliphatic rings. The Morgan fingerprint density at radius 2 is 2.17 bits per heavy atom. The molecule has 1 saturated heterocycles. The molecule has 1 aliphatic heterocycles. The zero-order chi connectivity index (χ0) is 16.2. The quantitative estimate of drug-likeness (QED) is 0.943. The summed E-state index contributed by atoms with van der Waals surface area (Å²) in [6.07, 6.45) is 3.13. The molecule has 1 amide bonds. The molecule has 23 heavy (non-hydrogen) atoms. The Hall–Kier alpha value is -2.37. The molecular formula is C17H20FN3O2. The van der Waals surface area contributed by atoms with E-state index in [9.17, 15) is 9.18 Å². The van der Waals surface area contributed by atoms with Crippen LogP contribution in [0.4, 0.5) is 4.39 Å². The molecule has 122 valence electrons. The molecule has 1 N–H and O–H groups in total. The van der Waals surface area contributed by atoms with Crippen molar-refractivity contribution in [2.24, 2.45) is 0 Å². The molecule has 1 fully saturated rings. The van der Waals surface area contributed by atoms with Gasteiger partial charge in [0.2, 0.25) is 0 Å². The first-order chi connectivity index (χ1) is 11.1. The van der Waals surface area contributed by atoms with E-state index in [1.54, 1.807) is 13.1 Å². The number of carbonyl (C=O) groups excluding carboxylic acids is 1. The smallest absolute Gasteiger partial charge is 0.263 e. The van der Waals surface area contributed by atoms with Gasteiger partial charge < -0.3 is 9.64 Å². The fourth-order valence-electron chi connectivity index (χ4n) is 2.95. The van der Waals surface area contributed by atoms with E-state index in [0.29, 0.717) is 12.3 Å². The largest absolute Gasteiger partial charge is 0.481 e. The average Bonchev–Trinajstić information content (AvgIpc) is 3.11. The Kier molecular flexibility index (Phi) is 4.60. The number of likely N-dealkylation sites (tertiary alicyclic amines) is 1. The number of hydrogen-bond acceptors (Lipinski definition) is 3. The highest BCUT2D eigenvalue weighted by atomic mass is 19.1. The van der Waals surface area contributed by atoms with Gasteiger partial charge in [-0.15, -0.1) is 0 Å². The molecule has 1 aromatic carbocycles. The molecule has 2 atom stereocenters. The number of piperidine rings is 1. The summed E-state index contributed by atoms with van der Waals surface area (Å²) < 4.78 is 18.5. The van der Waals surface area contributed by atoms with Gasteiger partial charge in [-0.05, 0) is 50.1 Å². The fourth-order valence-corrected chi connectivity index (χ4v) is 2.95. The van der Waals surface area contributed by atoms with Crippen molar-refractivity contribution >= 4 is 5.91 Å². The fraction of sp³-hybridized carbons (Fsp3) is 0.412. The van der Waals surface area contributed by atoms with Crippen molar-refractivity contribution in [3.8, 4) is 5.75 Å². The summed E-state index contributed by atoms with van der Waals surface area (Å²) >= 11 is 0. The van der Waals surface area contributed by atoms with Crippen LogP contribution in [0.5, 0.6) is 5.75 Å². The minimum Gasteiger partial charge on any atom is -0.481 e. The van der Waals surface area contributed by atoms with E-state index in [2.05, 4.69) is 10.2 Å². The van der Waals surface area contributed by atoms with Crippen LogP contribution in [0.1, 0.15) is 31.4 Å². The predicted octanol–water partition coefficient (Wildman–Crippen LogP) is 2.72. The number of amides is 1. The number of aromatic nitrogens is 2. The lowest BCUT2D eigenvalue weighted by atomic mass is 9.94. The van der Waals surface area contributed by atoms with Crippen LogP contribution < -0.4 is 4.74 Å². The molecule has 2 heterocycles. The van der Waals surface area contributed by atoms with Gasteiger partial charge in [0.25, 0.3) is 5.91 Å². The van der Waals surface area contributed by atoms with Crippen LogP contribution in [0.15, 0.2) is 36.5 Å². The first-order valence-electron chi connectivity index (χ1n) is 7.84. The summed E-state index contributed by atoms with van der Waals surface area (Å²) in [4.78, 5) is 14.4. The van der Waals surface area contributed by atoms with Crippen molar-refractivity contribution in [3.05, 3.63) is 48.0 Å². The van der Waals surface area contributed by atoms with Gasteiger partial charge in [-0.3, -0.25) is 9.89 Å². The highest BCUT2D eigenvalue weighted by molar-refractivity contribution is 5.81. The maximum Gasteiger partial charge on any atom is 0.263 e. The lowest BCUT2D eigenvalue weighted by Crippen LogP contribution is -2.45. The summed E-state index contributed by atoms with van der Waals surface area (Å²) in [7, 11) is 0. The molecule has 0 aliphatic carbocycles. The highest BCUT2D eigenvalue weighted by Crippen LogP contribution is 2.26. The maximum absolute atomic E-state index is 12.9. The zero-order valence-electron chi connectivity index (χ0n) is 13.0. The third kappa shape index (κ3) is 3.70. The number of aromatic amines is 1. The minimum absolute atomic E-state index is 0.0430. The number of benzene rings is 1. The second kappa shape index (κ2) is 6.81. The van der Waals surface area contributed by atoms with E-state index < -0.39 is 6.10 Å². The number of nitrogens with one attached hydrogen (secondary N) is 1. The third-order valence-electron chi connectivity index (χ3n) is 4.17. The average molecular weight is 317 g/mol. The second-order valence-corrected chi connectivity index (χ2v) is 5.85. The van der Waals surface area contributed by atoms with Crippen molar-refractivity contribution in [2.75, 3.05) is 13.1 Å². The molecule has 6 heteroatoms. The van der Waals surface area contributed by atoms with Crippen LogP contribution in [-0.4, -0.2) is 40.2 Å². The number of carbonyl (C=O) groups is 1. The van der Waals surface area contributed by atoms with Gasteiger partial charge in [-0.25, -0.2) is 4.39 Å². The monoisotopic (exact) mass is 317 g/mol. The van der Waals surface area contributed by atoms with Gasteiger partial charge in [0.1, 0.15) is 11.6 Å². The maximum atomic E-state index is 12.9. The van der Waals surface area contributed by atoms with Crippen molar-refractivity contribution in [1.82, 2.24) is 15.1 Å². The van der Waals surface area contributed by atoms with Crippen molar-refractivity contribution in [1.29, 1.82) is 0 Å². The molecular weight excluding hydrogens is 297 g/mol. The summed E-state index contributed by atoms with van der Waals surface area (Å²) in [6, 6.07) is 7.66. The number of nitrogens with zero attached hydrogens (tertiary/aromatic N) is 2. The topological polar surface area (TPSA) is 58.2 Å². The number of hydrogen-bond donors (Lipinski definition) is 1. The number of H-pyrrole nitrogens is 1. The van der Waals surface area contributed by atoms with Crippen molar-refractivity contribution in [2.45, 2.75) is 31.8 Å². The summed E-state index contributed by atoms with van der Waals surface area (Å²) in [5.41, 5.74) is 1.06. The molecule has 2 unspecified atom stereocenters. The minimum atomic E-state index is -0.596. The van der Waals surface area contributed by atoms with E-state index in [-0.39, 0.29) is 17.6 Å². The zero-order valence-corrected chi connectivity index (χ0v) is 13.0. The Balaban J connectivity index is 1.61. The lowest BCUT2D eigenvalue weighted by Gasteiger charge is -2.33. The summed E-state index contributed by atoms with van der Waals surface area (Å²) in [5.74, 6) is 0.413. The van der Waals surface area contributed by atoms with Gasteiger partial charge in [0, 0.05) is 30.9 Å². The number of halogens is 1. The Morgan fingerprint density at radius 3 is 2.87 bits per heavy atom. The molecule has 1 aromatic heterocycles. The van der Waals surface area contributed by atoms with Gasteiger partial charge in [-0.1, -0.05) is 0 Å². The Bertz CT molecular complexity index is 642. The van der Waals surface area contributed by atoms with Crippen molar-refractivity contribution in [3.63, 3.8) is 0 Å². The molecule has 0 saturated carbocycles. The third-order valence-corrected chi connectivity index (χ3v) is 4.17. The van der Waals surface area contributed by atoms with E-state index in [1.807, 2.05) is 11.0 Å². The second-order valence-electron chi connectivity index (χ2n) is 5.85. The van der Waals surface area contributed by atoms with Gasteiger partial charge in [0.15, 0.2) is 6.10 Å². The Morgan fingerprint density at radius 1 is 1.39 bits per heavy atom. The standard InChI is InChI=1S/C17H20FN3O2/c1-12(23-15-6-4-14(18)5-7-15)17(22)21-10-2-3-13(11-21)16-8-9-19-20-16/h4-9,12-13H,2-3,10-11H2,1H3,(H,19,20). The van der Waals surface area contributed by atoms with E-state index in [4.69, 9.17) is 4.74 Å². The number of ether oxygens (including phenoxy) is 1. The first-order valence-corrected chi connectivity index (χ1v) is 7.84. The van der Waals surface area contributed by atoms with E-state index in [0.717, 1.165) is 25.1 Å². The molecule has 5 nitrogen and oxygen atoms in total. The van der Waals surface area contributed by atoms with Crippen molar-refractivity contribution < 1.29 is 13.9 Å². The Labute approximate surface area is 134 Å². The molecule has 2 aromatic rings. The van der Waals surface area contributed by atoms with Gasteiger partial charge in [-0.2, -0.15) is 5.10 Å². The van der Waals surface area contributed by atoms with Crippen LogP contribution in [0.25, 0.3) is 0 Å². The SMILES string of the molecule is CC(Oc1ccc(F)cc1)C(=O)N1CCCC(c2ccn[nH]2)C1. The van der Waals surface area contributed by atoms with Crippen LogP contribution in [0, 0.1) is 5.82 Å². The first kappa shape index (κ1) is 15.5. The molecule has 0 radical (unpaired) electrons. The van der Waals surface area contributed by atoms with Crippen LogP contribution in [0.3, 0.4) is 0 Å². The lowest BCUT2D eigenvalue weighted by molar-refractivity contribution is -0.139. The van der Waals surface area contributed by atoms with E-state index >= 15 is 0 Å². The van der Waals surface area contributed by atoms with Crippen LogP contribution in [0.2, 0.25) is 0 Å². The van der Waals surface area contributed by atoms with Crippen LogP contribution in [-0.2, 0) is 4.79 Å². The molecule has 0 spiro atoms. The van der Waals surface area contributed by atoms with Gasteiger partial charge in [0.05, 0.1) is 0 Å². The normalized spacial score (nSPS) is 19.4. The van der Waals surface area contributed by atoms with E-state index in [1.165, 1.54) is 24.3 Å². The van der Waals surface area contributed by atoms with Gasteiger partial charge >= 0.3 is 0 Å². The number of rotatable bonds is 4. The van der Waals surface area contributed by atoms with Crippen LogP contribution >= 0.6 is 0 Å². The molecule has 3 rings (SSSR count). The molecule has 0 bridgehead atoms.